The molecule has 0 fully saturated rings. The van der Waals surface area contributed by atoms with E-state index >= 15 is 0 Å². The lowest BCUT2D eigenvalue weighted by Gasteiger charge is -2.03. The first kappa shape index (κ1) is 13.5. The monoisotopic (exact) mass is 280 g/mol. The molecule has 2 rings (SSSR count). The number of benzene rings is 1. The van der Waals surface area contributed by atoms with Gasteiger partial charge in [0.15, 0.2) is 5.13 Å². The van der Waals surface area contributed by atoms with E-state index in [9.17, 15) is 9.18 Å². The average Bonchev–Trinajstić information content (AvgIpc) is 2.68. The third kappa shape index (κ3) is 3.51. The summed E-state index contributed by atoms with van der Waals surface area (Å²) >= 11 is 1.37. The first-order chi connectivity index (χ1) is 9.06. The second-order valence-electron chi connectivity index (χ2n) is 4.04. The number of hydrogen-bond donors (Lipinski definition) is 2. The molecule has 0 saturated carbocycles. The maximum atomic E-state index is 13.4. The zero-order chi connectivity index (χ0) is 13.8. The standard InChI is InChI=1S/C13H13FN2O2S/c1-8-11(6-12(17)18)16-13(19-8)15-7-9-4-2-3-5-10(9)14/h2-5H,6-7H2,1H3,(H,15,16)(H,17,18). The third-order valence-corrected chi connectivity index (χ3v) is 3.57. The number of carboxylic acids is 1. The molecule has 0 atom stereocenters. The van der Waals surface area contributed by atoms with Gasteiger partial charge in [0.1, 0.15) is 5.82 Å². The van der Waals surface area contributed by atoms with Crippen molar-refractivity contribution >= 4 is 22.4 Å². The SMILES string of the molecule is Cc1sc(NCc2ccccc2F)nc1CC(=O)O. The molecule has 4 nitrogen and oxygen atoms in total. The Hall–Kier alpha value is -1.95. The summed E-state index contributed by atoms with van der Waals surface area (Å²) in [6, 6.07) is 6.50. The normalized spacial score (nSPS) is 10.4. The number of rotatable bonds is 5. The number of anilines is 1. The van der Waals surface area contributed by atoms with E-state index < -0.39 is 5.97 Å². The largest absolute Gasteiger partial charge is 0.481 e. The van der Waals surface area contributed by atoms with Crippen LogP contribution in [-0.2, 0) is 17.8 Å². The Balaban J connectivity index is 2.04. The molecule has 0 aliphatic heterocycles. The maximum absolute atomic E-state index is 13.4. The molecule has 100 valence electrons. The fourth-order valence-electron chi connectivity index (χ4n) is 1.62. The Morgan fingerprint density at radius 1 is 1.47 bits per heavy atom. The minimum atomic E-state index is -0.908. The fraction of sp³-hybridized carbons (Fsp3) is 0.231. The summed E-state index contributed by atoms with van der Waals surface area (Å²) < 4.78 is 13.4. The lowest BCUT2D eigenvalue weighted by Crippen LogP contribution is -2.03. The molecule has 0 bridgehead atoms. The van der Waals surface area contributed by atoms with E-state index in [2.05, 4.69) is 10.3 Å². The zero-order valence-electron chi connectivity index (χ0n) is 10.3. The Bertz CT molecular complexity index is 598. The highest BCUT2D eigenvalue weighted by atomic mass is 32.1. The molecule has 0 amide bonds. The number of aliphatic carboxylic acids is 1. The van der Waals surface area contributed by atoms with Gasteiger partial charge in [0.25, 0.3) is 0 Å². The molecule has 0 spiro atoms. The van der Waals surface area contributed by atoms with Crippen molar-refractivity contribution < 1.29 is 14.3 Å². The Kier molecular flexibility index (Phi) is 4.11. The molecular weight excluding hydrogens is 267 g/mol. The molecule has 0 saturated heterocycles. The predicted octanol–water partition coefficient (Wildman–Crippen LogP) is 2.83. The third-order valence-electron chi connectivity index (χ3n) is 2.60. The smallest absolute Gasteiger partial charge is 0.309 e. The van der Waals surface area contributed by atoms with Crippen LogP contribution in [-0.4, -0.2) is 16.1 Å². The number of aryl methyl sites for hydroxylation is 1. The topological polar surface area (TPSA) is 62.2 Å². The van der Waals surface area contributed by atoms with Gasteiger partial charge in [-0.1, -0.05) is 18.2 Å². The van der Waals surface area contributed by atoms with Crippen LogP contribution >= 0.6 is 11.3 Å². The van der Waals surface area contributed by atoms with Gasteiger partial charge in [-0.05, 0) is 13.0 Å². The van der Waals surface area contributed by atoms with Crippen LogP contribution in [0.4, 0.5) is 9.52 Å². The number of thiazole rings is 1. The molecule has 0 radical (unpaired) electrons. The van der Waals surface area contributed by atoms with Gasteiger partial charge in [-0.2, -0.15) is 0 Å². The lowest BCUT2D eigenvalue weighted by atomic mass is 10.2. The number of carbonyl (C=O) groups is 1. The molecule has 2 aromatic rings. The first-order valence-corrected chi connectivity index (χ1v) is 6.53. The number of aromatic nitrogens is 1. The van der Waals surface area contributed by atoms with Crippen molar-refractivity contribution in [2.24, 2.45) is 0 Å². The van der Waals surface area contributed by atoms with Gasteiger partial charge >= 0.3 is 5.97 Å². The highest BCUT2D eigenvalue weighted by Gasteiger charge is 2.11. The number of nitrogens with zero attached hydrogens (tertiary/aromatic N) is 1. The van der Waals surface area contributed by atoms with E-state index in [-0.39, 0.29) is 12.2 Å². The van der Waals surface area contributed by atoms with Crippen molar-refractivity contribution in [2.45, 2.75) is 19.9 Å². The van der Waals surface area contributed by atoms with Crippen molar-refractivity contribution in [1.29, 1.82) is 0 Å². The van der Waals surface area contributed by atoms with Crippen LogP contribution in [0, 0.1) is 12.7 Å². The Morgan fingerprint density at radius 2 is 2.21 bits per heavy atom. The fourth-order valence-corrected chi connectivity index (χ4v) is 2.45. The number of hydrogen-bond acceptors (Lipinski definition) is 4. The molecule has 19 heavy (non-hydrogen) atoms. The van der Waals surface area contributed by atoms with E-state index in [0.717, 1.165) is 4.88 Å². The lowest BCUT2D eigenvalue weighted by molar-refractivity contribution is -0.136. The second kappa shape index (κ2) is 5.79. The Morgan fingerprint density at radius 3 is 2.89 bits per heavy atom. The van der Waals surface area contributed by atoms with E-state index in [1.807, 2.05) is 6.92 Å². The predicted molar refractivity (Wildman–Crippen MR) is 71.9 cm³/mol. The highest BCUT2D eigenvalue weighted by Crippen LogP contribution is 2.23. The van der Waals surface area contributed by atoms with Gasteiger partial charge < -0.3 is 10.4 Å². The van der Waals surface area contributed by atoms with Gasteiger partial charge in [-0.15, -0.1) is 11.3 Å². The zero-order valence-corrected chi connectivity index (χ0v) is 11.1. The summed E-state index contributed by atoms with van der Waals surface area (Å²) in [5.41, 5.74) is 1.10. The minimum Gasteiger partial charge on any atom is -0.481 e. The molecular formula is C13H13FN2O2S. The Labute approximate surface area is 113 Å². The molecule has 1 aromatic carbocycles. The van der Waals surface area contributed by atoms with Gasteiger partial charge in [0, 0.05) is 17.0 Å². The molecule has 1 aromatic heterocycles. The number of carboxylic acid groups (broad SMARTS) is 1. The van der Waals surface area contributed by atoms with E-state index in [4.69, 9.17) is 5.11 Å². The summed E-state index contributed by atoms with van der Waals surface area (Å²) in [4.78, 5) is 15.7. The number of nitrogens with one attached hydrogen (secondary N) is 1. The van der Waals surface area contributed by atoms with Crippen molar-refractivity contribution in [3.05, 3.63) is 46.2 Å². The van der Waals surface area contributed by atoms with Crippen molar-refractivity contribution in [2.75, 3.05) is 5.32 Å². The van der Waals surface area contributed by atoms with Crippen molar-refractivity contribution in [3.63, 3.8) is 0 Å². The molecule has 1 heterocycles. The quantitative estimate of drug-likeness (QED) is 0.884. The molecule has 6 heteroatoms. The summed E-state index contributed by atoms with van der Waals surface area (Å²) in [7, 11) is 0. The average molecular weight is 280 g/mol. The highest BCUT2D eigenvalue weighted by molar-refractivity contribution is 7.15. The summed E-state index contributed by atoms with van der Waals surface area (Å²) in [5.74, 6) is -1.18. The van der Waals surface area contributed by atoms with Crippen molar-refractivity contribution in [3.8, 4) is 0 Å². The minimum absolute atomic E-state index is 0.0935. The summed E-state index contributed by atoms with van der Waals surface area (Å²) in [6.07, 6.45) is -0.0935. The van der Waals surface area contributed by atoms with Gasteiger partial charge in [0.2, 0.25) is 0 Å². The molecule has 0 aliphatic rings. The molecule has 0 unspecified atom stereocenters. The van der Waals surface area contributed by atoms with Crippen LogP contribution in [0.25, 0.3) is 0 Å². The van der Waals surface area contributed by atoms with E-state index in [1.54, 1.807) is 18.2 Å². The van der Waals surface area contributed by atoms with E-state index in [1.165, 1.54) is 17.4 Å². The van der Waals surface area contributed by atoms with Crippen LogP contribution in [0.15, 0.2) is 24.3 Å². The second-order valence-corrected chi connectivity index (χ2v) is 5.24. The summed E-state index contributed by atoms with van der Waals surface area (Å²) in [5, 5.41) is 12.4. The molecule has 0 aliphatic carbocycles. The van der Waals surface area contributed by atoms with Gasteiger partial charge in [0.05, 0.1) is 12.1 Å². The maximum Gasteiger partial charge on any atom is 0.309 e. The summed E-state index contributed by atoms with van der Waals surface area (Å²) in [6.45, 7) is 2.15. The van der Waals surface area contributed by atoms with Crippen LogP contribution in [0.2, 0.25) is 0 Å². The van der Waals surface area contributed by atoms with Crippen LogP contribution < -0.4 is 5.32 Å². The van der Waals surface area contributed by atoms with Crippen LogP contribution in [0.5, 0.6) is 0 Å². The van der Waals surface area contributed by atoms with Crippen LogP contribution in [0.1, 0.15) is 16.1 Å². The van der Waals surface area contributed by atoms with Crippen molar-refractivity contribution in [1.82, 2.24) is 4.98 Å². The van der Waals surface area contributed by atoms with Crippen LogP contribution in [0.3, 0.4) is 0 Å². The molecule has 2 N–H and O–H groups in total. The van der Waals surface area contributed by atoms with E-state index in [0.29, 0.717) is 22.9 Å². The van der Waals surface area contributed by atoms with Gasteiger partial charge in [-0.25, -0.2) is 9.37 Å². The number of halogens is 1. The van der Waals surface area contributed by atoms with Gasteiger partial charge in [-0.3, -0.25) is 4.79 Å². The first-order valence-electron chi connectivity index (χ1n) is 5.71.